The first-order chi connectivity index (χ1) is 8.13. The molecule has 0 atom stereocenters. The van der Waals surface area contributed by atoms with Crippen molar-refractivity contribution in [3.05, 3.63) is 0 Å². The fourth-order valence-electron chi connectivity index (χ4n) is 2.26. The van der Waals surface area contributed by atoms with Crippen molar-refractivity contribution in [2.24, 2.45) is 11.7 Å². The van der Waals surface area contributed by atoms with Gasteiger partial charge in [-0.3, -0.25) is 9.59 Å². The summed E-state index contributed by atoms with van der Waals surface area (Å²) in [7, 11) is 0. The topological polar surface area (TPSA) is 84.2 Å². The van der Waals surface area contributed by atoms with Crippen LogP contribution in [0.1, 0.15) is 39.0 Å². The van der Waals surface area contributed by atoms with E-state index in [1.54, 1.807) is 0 Å². The highest BCUT2D eigenvalue weighted by Crippen LogP contribution is 2.23. The zero-order valence-corrected chi connectivity index (χ0v) is 10.5. The van der Waals surface area contributed by atoms with Crippen molar-refractivity contribution in [2.45, 2.75) is 45.1 Å². The zero-order chi connectivity index (χ0) is 12.7. The largest absolute Gasteiger partial charge is 0.369 e. The maximum absolute atomic E-state index is 11.2. The zero-order valence-electron chi connectivity index (χ0n) is 10.5. The summed E-state index contributed by atoms with van der Waals surface area (Å²) in [6.45, 7) is 3.30. The van der Waals surface area contributed by atoms with E-state index in [2.05, 4.69) is 10.6 Å². The van der Waals surface area contributed by atoms with Crippen LogP contribution in [0.2, 0.25) is 0 Å². The Morgan fingerprint density at radius 1 is 1.24 bits per heavy atom. The molecule has 1 aliphatic carbocycles. The van der Waals surface area contributed by atoms with Gasteiger partial charge in [0, 0.05) is 31.5 Å². The summed E-state index contributed by atoms with van der Waals surface area (Å²) in [4.78, 5) is 22.2. The highest BCUT2D eigenvalue weighted by atomic mass is 16.2. The van der Waals surface area contributed by atoms with E-state index < -0.39 is 0 Å². The van der Waals surface area contributed by atoms with Gasteiger partial charge < -0.3 is 16.4 Å². The number of rotatable bonds is 6. The number of hydrogen-bond acceptors (Lipinski definition) is 3. The Kier molecular flexibility index (Phi) is 5.97. The molecule has 0 aliphatic heterocycles. The number of nitrogens with two attached hydrogens (primary N) is 1. The van der Waals surface area contributed by atoms with Crippen LogP contribution >= 0.6 is 0 Å². The summed E-state index contributed by atoms with van der Waals surface area (Å²) in [5.74, 6) is -0.0342. The monoisotopic (exact) mass is 241 g/mol. The molecule has 17 heavy (non-hydrogen) atoms. The molecule has 4 N–H and O–H groups in total. The molecule has 0 radical (unpaired) electrons. The van der Waals surface area contributed by atoms with Crippen LogP contribution in [0.5, 0.6) is 0 Å². The molecule has 0 unspecified atom stereocenters. The Balaban J connectivity index is 2.10. The number of carbonyl (C=O) groups excluding carboxylic acids is 2. The van der Waals surface area contributed by atoms with Crippen LogP contribution in [-0.4, -0.2) is 30.9 Å². The molecule has 0 aromatic rings. The number of carbonyl (C=O) groups is 2. The van der Waals surface area contributed by atoms with Gasteiger partial charge >= 0.3 is 0 Å². The molecule has 5 heteroatoms. The maximum atomic E-state index is 11.2. The highest BCUT2D eigenvalue weighted by molar-refractivity contribution is 5.76. The first kappa shape index (κ1) is 14.0. The van der Waals surface area contributed by atoms with Crippen LogP contribution in [-0.2, 0) is 9.59 Å². The van der Waals surface area contributed by atoms with E-state index in [0.717, 1.165) is 25.7 Å². The minimum atomic E-state index is -0.175. The average Bonchev–Trinajstić information content (AvgIpc) is 2.30. The predicted octanol–water partition coefficient (Wildman–Crippen LogP) is 0.146. The molecule has 0 saturated heterocycles. The van der Waals surface area contributed by atoms with E-state index in [-0.39, 0.29) is 17.7 Å². The molecule has 0 aromatic heterocycles. The molecule has 0 bridgehead atoms. The summed E-state index contributed by atoms with van der Waals surface area (Å²) in [5.41, 5.74) is 5.27. The minimum Gasteiger partial charge on any atom is -0.369 e. The third kappa shape index (κ3) is 5.17. The lowest BCUT2D eigenvalue weighted by Gasteiger charge is -2.27. The number of hydrogen-bond donors (Lipinski definition) is 3. The van der Waals surface area contributed by atoms with Crippen LogP contribution in [0.25, 0.3) is 0 Å². The van der Waals surface area contributed by atoms with Crippen molar-refractivity contribution in [1.82, 2.24) is 10.6 Å². The molecule has 2 amide bonds. The van der Waals surface area contributed by atoms with E-state index in [4.69, 9.17) is 5.73 Å². The third-order valence-corrected chi connectivity index (χ3v) is 3.29. The summed E-state index contributed by atoms with van der Waals surface area (Å²) in [6, 6.07) is 0.431. The van der Waals surface area contributed by atoms with Gasteiger partial charge in [0.05, 0.1) is 0 Å². The molecule has 0 heterocycles. The molecule has 1 fully saturated rings. The lowest BCUT2D eigenvalue weighted by molar-refractivity contribution is -0.122. The Labute approximate surface area is 103 Å². The van der Waals surface area contributed by atoms with E-state index in [1.807, 2.05) is 6.92 Å². The van der Waals surface area contributed by atoms with Crippen molar-refractivity contribution >= 4 is 11.8 Å². The van der Waals surface area contributed by atoms with Crippen LogP contribution in [0.4, 0.5) is 0 Å². The lowest BCUT2D eigenvalue weighted by atomic mass is 9.85. The van der Waals surface area contributed by atoms with Crippen LogP contribution in [0.15, 0.2) is 0 Å². The number of nitrogens with one attached hydrogen (secondary N) is 2. The highest BCUT2D eigenvalue weighted by Gasteiger charge is 2.24. The molecular formula is C12H23N3O2. The van der Waals surface area contributed by atoms with Gasteiger partial charge in [0.15, 0.2) is 0 Å². The first-order valence-electron chi connectivity index (χ1n) is 6.43. The summed E-state index contributed by atoms with van der Waals surface area (Å²) in [5, 5.41) is 6.12. The molecule has 1 saturated carbocycles. The Morgan fingerprint density at radius 3 is 2.41 bits per heavy atom. The van der Waals surface area contributed by atoms with Gasteiger partial charge in [-0.15, -0.1) is 0 Å². The average molecular weight is 241 g/mol. The van der Waals surface area contributed by atoms with Crippen molar-refractivity contribution in [1.29, 1.82) is 0 Å². The van der Waals surface area contributed by atoms with E-state index in [9.17, 15) is 9.59 Å². The normalized spacial score (nSPS) is 24.3. The maximum Gasteiger partial charge on any atom is 0.221 e. The SMILES string of the molecule is CCNC(=O)CCNC1CCC(C(N)=O)CC1. The van der Waals surface area contributed by atoms with Gasteiger partial charge in [-0.05, 0) is 32.6 Å². The Bertz CT molecular complexity index is 260. The van der Waals surface area contributed by atoms with Crippen molar-refractivity contribution in [3.63, 3.8) is 0 Å². The Hall–Kier alpha value is -1.10. The van der Waals surface area contributed by atoms with E-state index in [0.29, 0.717) is 25.6 Å². The van der Waals surface area contributed by atoms with Crippen molar-refractivity contribution in [3.8, 4) is 0 Å². The second-order valence-corrected chi connectivity index (χ2v) is 4.61. The molecule has 1 rings (SSSR count). The van der Waals surface area contributed by atoms with E-state index in [1.165, 1.54) is 0 Å². The summed E-state index contributed by atoms with van der Waals surface area (Å²) < 4.78 is 0. The number of primary amides is 1. The third-order valence-electron chi connectivity index (χ3n) is 3.29. The minimum absolute atomic E-state index is 0.0523. The van der Waals surface area contributed by atoms with Crippen molar-refractivity contribution in [2.75, 3.05) is 13.1 Å². The molecule has 5 nitrogen and oxygen atoms in total. The Morgan fingerprint density at radius 2 is 1.88 bits per heavy atom. The number of amides is 2. The second-order valence-electron chi connectivity index (χ2n) is 4.61. The molecule has 0 aromatic carbocycles. The molecule has 1 aliphatic rings. The van der Waals surface area contributed by atoms with Crippen LogP contribution in [0.3, 0.4) is 0 Å². The molecular weight excluding hydrogens is 218 g/mol. The van der Waals surface area contributed by atoms with Crippen LogP contribution in [0, 0.1) is 5.92 Å². The molecule has 98 valence electrons. The summed E-state index contributed by atoms with van der Waals surface area (Å²) >= 11 is 0. The summed E-state index contributed by atoms with van der Waals surface area (Å²) in [6.07, 6.45) is 4.21. The quantitative estimate of drug-likeness (QED) is 0.618. The standard InChI is InChI=1S/C12H23N3O2/c1-2-14-11(16)7-8-15-10-5-3-9(4-6-10)12(13)17/h9-10,15H,2-8H2,1H3,(H2,13,17)(H,14,16). The van der Waals surface area contributed by atoms with Gasteiger partial charge in [-0.2, -0.15) is 0 Å². The van der Waals surface area contributed by atoms with Crippen LogP contribution < -0.4 is 16.4 Å². The smallest absolute Gasteiger partial charge is 0.221 e. The van der Waals surface area contributed by atoms with Gasteiger partial charge in [0.1, 0.15) is 0 Å². The van der Waals surface area contributed by atoms with Crippen molar-refractivity contribution < 1.29 is 9.59 Å². The van der Waals surface area contributed by atoms with E-state index >= 15 is 0 Å². The molecule has 0 spiro atoms. The fourth-order valence-corrected chi connectivity index (χ4v) is 2.26. The van der Waals surface area contributed by atoms with Gasteiger partial charge in [-0.25, -0.2) is 0 Å². The second kappa shape index (κ2) is 7.27. The predicted molar refractivity (Wildman–Crippen MR) is 66.2 cm³/mol. The fraction of sp³-hybridized carbons (Fsp3) is 0.833. The van der Waals surface area contributed by atoms with Gasteiger partial charge in [0.25, 0.3) is 0 Å². The first-order valence-corrected chi connectivity index (χ1v) is 6.43. The van der Waals surface area contributed by atoms with Gasteiger partial charge in [0.2, 0.25) is 11.8 Å². The lowest BCUT2D eigenvalue weighted by Crippen LogP contribution is -2.38. The van der Waals surface area contributed by atoms with Gasteiger partial charge in [-0.1, -0.05) is 0 Å².